The van der Waals surface area contributed by atoms with E-state index in [-0.39, 0.29) is 43.8 Å². The van der Waals surface area contributed by atoms with Crippen LogP contribution in [0, 0.1) is 17.8 Å². The summed E-state index contributed by atoms with van der Waals surface area (Å²) in [6, 6.07) is -7.69. The molecule has 1 aromatic carbocycles. The van der Waals surface area contributed by atoms with Crippen LogP contribution in [0.2, 0.25) is 0 Å². The summed E-state index contributed by atoms with van der Waals surface area (Å²) in [4.78, 5) is 168. The van der Waals surface area contributed by atoms with E-state index in [1.165, 1.54) is 38.1 Å². The Hall–Kier alpha value is -7.91. The third-order valence-corrected chi connectivity index (χ3v) is 11.9. The number of carbonyl (C=O) groups excluding carboxylic acids is 12. The van der Waals surface area contributed by atoms with Gasteiger partial charge in [0.25, 0.3) is 0 Å². The van der Waals surface area contributed by atoms with Crippen molar-refractivity contribution < 1.29 is 72.5 Å². The van der Waals surface area contributed by atoms with Crippen LogP contribution in [-0.4, -0.2) is 148 Å². The third kappa shape index (κ3) is 23.2. The molecule has 28 nitrogen and oxygen atoms in total. The molecule has 1 rings (SSSR count). The Morgan fingerprint density at radius 3 is 1.37 bits per heavy atom. The molecule has 1 aromatic rings. The highest BCUT2D eigenvalue weighted by Gasteiger charge is 2.37. The maximum atomic E-state index is 14.2. The summed E-state index contributed by atoms with van der Waals surface area (Å²) < 4.78 is 0. The molecule has 0 radical (unpaired) electrons. The van der Waals surface area contributed by atoms with E-state index in [0.29, 0.717) is 5.56 Å². The first kappa shape index (κ1) is 65.1. The number of phenolic OH excluding ortho intramolecular Hbond substituents is 1. The van der Waals surface area contributed by atoms with Gasteiger partial charge in [0, 0.05) is 12.8 Å². The number of amides is 12. The molecule has 0 saturated heterocycles. The van der Waals surface area contributed by atoms with E-state index >= 15 is 0 Å². The van der Waals surface area contributed by atoms with Crippen molar-refractivity contribution in [1.82, 2.24) is 47.9 Å². The molecule has 0 aromatic heterocycles. The molecule has 0 fully saturated rings. The minimum Gasteiger partial charge on any atom is -0.508 e. The number of carboxylic acids is 1. The number of hydrogen-bond donors (Lipinski definition) is 15. The highest BCUT2D eigenvalue weighted by atomic mass is 16.4. The maximum Gasteiger partial charge on any atom is 0.305 e. The van der Waals surface area contributed by atoms with Crippen LogP contribution in [-0.2, 0) is 68.7 Å². The van der Waals surface area contributed by atoms with Gasteiger partial charge in [-0.25, -0.2) is 0 Å². The van der Waals surface area contributed by atoms with Gasteiger partial charge in [-0.15, -0.1) is 0 Å². The number of aromatic hydroxyl groups is 1. The van der Waals surface area contributed by atoms with Crippen molar-refractivity contribution in [2.24, 2.45) is 40.7 Å². The molecule has 12 amide bonds. The van der Waals surface area contributed by atoms with Gasteiger partial charge >= 0.3 is 5.97 Å². The first-order valence-corrected chi connectivity index (χ1v) is 24.2. The summed E-state index contributed by atoms with van der Waals surface area (Å²) in [6.45, 7) is 11.7. The van der Waals surface area contributed by atoms with E-state index in [1.807, 2.05) is 0 Å². The topological polar surface area (TPSA) is 475 Å². The summed E-state index contributed by atoms with van der Waals surface area (Å²) >= 11 is 0. The Bertz CT molecular complexity index is 2230. The number of nitrogens with one attached hydrogen (secondary N) is 9. The Morgan fingerprint density at radius 2 is 0.920 bits per heavy atom. The SMILES string of the molecule is CC[C@H](C)[C@H](NC(=O)[C@H](C)NC(=O)[C@H](C)NC(=O)[C@H](CCC(N)=O)NC(=O)[C@@H](N)C(C)C)C(=O)N[C@@H](CC(=O)O)C(=O)N[C@@H](Cc1ccc(O)cc1)C(=O)N[C@H](C(=O)N[C@@H](CC(N)=O)C(=O)NCC(N)=O)[C@@H](C)CC. The zero-order valence-corrected chi connectivity index (χ0v) is 43.4. The van der Waals surface area contributed by atoms with Crippen molar-refractivity contribution in [3.63, 3.8) is 0 Å². The molecule has 0 aliphatic rings. The average Bonchev–Trinajstić information content (AvgIpc) is 3.33. The van der Waals surface area contributed by atoms with Crippen LogP contribution in [0.15, 0.2) is 24.3 Å². The Labute approximate surface area is 433 Å². The van der Waals surface area contributed by atoms with Gasteiger partial charge in [-0.1, -0.05) is 66.5 Å². The summed E-state index contributed by atoms with van der Waals surface area (Å²) in [6.07, 6.45) is -2.11. The fourth-order valence-electron chi connectivity index (χ4n) is 6.81. The molecule has 11 atom stereocenters. The minimum absolute atomic E-state index is 0.149. The lowest BCUT2D eigenvalue weighted by molar-refractivity contribution is -0.142. The van der Waals surface area contributed by atoms with Crippen LogP contribution in [0.4, 0.5) is 0 Å². The smallest absolute Gasteiger partial charge is 0.305 e. The van der Waals surface area contributed by atoms with Crippen LogP contribution in [0.25, 0.3) is 0 Å². The van der Waals surface area contributed by atoms with Crippen LogP contribution in [0.5, 0.6) is 5.75 Å². The Balaban J connectivity index is 3.42. The lowest BCUT2D eigenvalue weighted by atomic mass is 9.96. The minimum atomic E-state index is -1.91. The standard InChI is InChI=1S/C47H75N13O15/c1-9-22(5)37(59-40(68)25(8)53-39(67)24(7)54-42(70)28(15-16-32(48)62)55-45(73)36(51)21(3)4)46(74)58-31(19-35(65)66)43(71)56-29(17-26-11-13-27(61)14-12-26)44(72)60-38(23(6)10-2)47(75)57-30(18-33(49)63)41(69)52-20-34(50)64/h11-14,21-25,28-31,36-38,61H,9-10,15-20,51H2,1-8H3,(H2,48,62)(H2,49,63)(H2,50,64)(H,52,69)(H,53,67)(H,54,70)(H,55,73)(H,56,71)(H,57,75)(H,58,74)(H,59,68)(H,60,72)(H,65,66)/t22-,23-,24-,25-,28-,29-,30-,31-,36-,37-,38-/m0/s1. The van der Waals surface area contributed by atoms with Crippen molar-refractivity contribution in [2.75, 3.05) is 6.54 Å². The van der Waals surface area contributed by atoms with E-state index in [1.54, 1.807) is 41.5 Å². The third-order valence-electron chi connectivity index (χ3n) is 11.9. The van der Waals surface area contributed by atoms with Gasteiger partial charge in [0.15, 0.2) is 0 Å². The van der Waals surface area contributed by atoms with E-state index in [9.17, 15) is 72.5 Å². The largest absolute Gasteiger partial charge is 0.508 e. The highest BCUT2D eigenvalue weighted by molar-refractivity contribution is 6.00. The van der Waals surface area contributed by atoms with Crippen LogP contribution in [0.1, 0.15) is 99.5 Å². The summed E-state index contributed by atoms with van der Waals surface area (Å²) in [7, 11) is 0. The van der Waals surface area contributed by atoms with Crippen LogP contribution >= 0.6 is 0 Å². The van der Waals surface area contributed by atoms with E-state index in [2.05, 4.69) is 47.9 Å². The number of primary amides is 3. The predicted octanol–water partition coefficient (Wildman–Crippen LogP) is -4.85. The predicted molar refractivity (Wildman–Crippen MR) is 267 cm³/mol. The molecular weight excluding hydrogens is 987 g/mol. The molecule has 0 bridgehead atoms. The van der Waals surface area contributed by atoms with Gasteiger partial charge in [-0.2, -0.15) is 0 Å². The Kier molecular flexibility index (Phi) is 27.5. The molecule has 0 saturated carbocycles. The lowest BCUT2D eigenvalue weighted by Gasteiger charge is -2.29. The first-order valence-electron chi connectivity index (χ1n) is 24.2. The fraction of sp³-hybridized carbons (Fsp3) is 0.596. The van der Waals surface area contributed by atoms with Gasteiger partial charge in [0.1, 0.15) is 54.1 Å². The Morgan fingerprint density at radius 1 is 0.493 bits per heavy atom. The van der Waals surface area contributed by atoms with Gasteiger partial charge in [0.2, 0.25) is 70.9 Å². The molecule has 28 heteroatoms. The number of hydrogen-bond acceptors (Lipinski definition) is 15. The van der Waals surface area contributed by atoms with Crippen molar-refractivity contribution in [2.45, 2.75) is 155 Å². The summed E-state index contributed by atoms with van der Waals surface area (Å²) in [5, 5.41) is 41.3. The van der Waals surface area contributed by atoms with E-state index in [0.717, 1.165) is 0 Å². The molecule has 418 valence electrons. The monoisotopic (exact) mass is 1060 g/mol. The van der Waals surface area contributed by atoms with Crippen molar-refractivity contribution in [3.05, 3.63) is 29.8 Å². The van der Waals surface area contributed by atoms with E-state index < -0.39 is 162 Å². The van der Waals surface area contributed by atoms with Crippen molar-refractivity contribution in [1.29, 1.82) is 0 Å². The maximum absolute atomic E-state index is 14.2. The highest BCUT2D eigenvalue weighted by Crippen LogP contribution is 2.15. The lowest BCUT2D eigenvalue weighted by Crippen LogP contribution is -2.62. The molecule has 0 aliphatic carbocycles. The fourth-order valence-corrected chi connectivity index (χ4v) is 6.81. The molecule has 75 heavy (non-hydrogen) atoms. The zero-order chi connectivity index (χ0) is 57.4. The molecule has 0 unspecified atom stereocenters. The van der Waals surface area contributed by atoms with E-state index in [4.69, 9.17) is 22.9 Å². The van der Waals surface area contributed by atoms with Gasteiger partial charge in [0.05, 0.1) is 25.4 Å². The first-order chi connectivity index (χ1) is 34.9. The second-order valence-corrected chi connectivity index (χ2v) is 18.5. The summed E-state index contributed by atoms with van der Waals surface area (Å²) in [5.74, 6) is -14.7. The molecule has 19 N–H and O–H groups in total. The van der Waals surface area contributed by atoms with Gasteiger partial charge in [-0.05, 0) is 55.7 Å². The number of rotatable bonds is 33. The number of carboxylic acid groups (broad SMARTS) is 1. The number of nitrogens with two attached hydrogens (primary N) is 4. The zero-order valence-electron chi connectivity index (χ0n) is 43.4. The van der Waals surface area contributed by atoms with Crippen molar-refractivity contribution in [3.8, 4) is 5.75 Å². The second-order valence-electron chi connectivity index (χ2n) is 18.5. The van der Waals surface area contributed by atoms with Crippen molar-refractivity contribution >= 4 is 76.9 Å². The van der Waals surface area contributed by atoms with Crippen LogP contribution in [0.3, 0.4) is 0 Å². The number of benzene rings is 1. The van der Waals surface area contributed by atoms with Crippen LogP contribution < -0.4 is 70.8 Å². The molecular formula is C47H75N13O15. The van der Waals surface area contributed by atoms with Gasteiger partial charge < -0.3 is 81.0 Å². The second kappa shape index (κ2) is 31.6. The number of aliphatic carboxylic acids is 1. The average molecular weight is 1060 g/mol. The molecule has 0 aliphatic heterocycles. The summed E-state index contributed by atoms with van der Waals surface area (Å²) in [5.41, 5.74) is 21.9. The van der Waals surface area contributed by atoms with Gasteiger partial charge in [-0.3, -0.25) is 62.3 Å². The quantitative estimate of drug-likeness (QED) is 0.0314. The normalized spacial score (nSPS) is 15.4. The number of phenols is 1. The number of carbonyl (C=O) groups is 13. The molecule has 0 spiro atoms. The molecule has 0 heterocycles.